The van der Waals surface area contributed by atoms with E-state index in [0.717, 1.165) is 11.1 Å². The molecular weight excluding hydrogens is 373 g/mol. The Balaban J connectivity index is 1.79. The lowest BCUT2D eigenvalue weighted by molar-refractivity contribution is -0.115. The highest BCUT2D eigenvalue weighted by Gasteiger charge is 2.13. The SMILES string of the molecule is O=C(NCc1ccc(C(=O)NO)cc1)/C(=C/c1cccnc1)c1ccc(F)cc1. The van der Waals surface area contributed by atoms with E-state index in [2.05, 4.69) is 10.3 Å². The zero-order valence-corrected chi connectivity index (χ0v) is 15.3. The third-order valence-corrected chi connectivity index (χ3v) is 4.17. The van der Waals surface area contributed by atoms with Gasteiger partial charge in [0.1, 0.15) is 5.82 Å². The number of benzene rings is 2. The first-order chi connectivity index (χ1) is 14.1. The molecule has 146 valence electrons. The van der Waals surface area contributed by atoms with Crippen LogP contribution in [-0.2, 0) is 11.3 Å². The van der Waals surface area contributed by atoms with Crippen LogP contribution in [0.5, 0.6) is 0 Å². The summed E-state index contributed by atoms with van der Waals surface area (Å²) in [5.74, 6) is -1.34. The molecule has 3 N–H and O–H groups in total. The Kier molecular flexibility index (Phi) is 6.44. The predicted molar refractivity (Wildman–Crippen MR) is 106 cm³/mol. The summed E-state index contributed by atoms with van der Waals surface area (Å²) < 4.78 is 13.3. The van der Waals surface area contributed by atoms with Crippen LogP contribution < -0.4 is 10.8 Å². The maximum absolute atomic E-state index is 13.3. The zero-order valence-electron chi connectivity index (χ0n) is 15.3. The van der Waals surface area contributed by atoms with E-state index in [-0.39, 0.29) is 18.3 Å². The maximum atomic E-state index is 13.3. The Morgan fingerprint density at radius 3 is 2.31 bits per heavy atom. The van der Waals surface area contributed by atoms with Crippen molar-refractivity contribution >= 4 is 23.5 Å². The summed E-state index contributed by atoms with van der Waals surface area (Å²) in [6.07, 6.45) is 4.95. The van der Waals surface area contributed by atoms with Crippen molar-refractivity contribution < 1.29 is 19.2 Å². The van der Waals surface area contributed by atoms with Gasteiger partial charge >= 0.3 is 0 Å². The normalized spacial score (nSPS) is 11.0. The largest absolute Gasteiger partial charge is 0.348 e. The maximum Gasteiger partial charge on any atom is 0.274 e. The smallest absolute Gasteiger partial charge is 0.274 e. The molecule has 0 aliphatic carbocycles. The summed E-state index contributed by atoms with van der Waals surface area (Å²) in [7, 11) is 0. The first-order valence-corrected chi connectivity index (χ1v) is 8.76. The van der Waals surface area contributed by atoms with Gasteiger partial charge in [-0.3, -0.25) is 19.8 Å². The van der Waals surface area contributed by atoms with Crippen LogP contribution in [0.4, 0.5) is 4.39 Å². The first-order valence-electron chi connectivity index (χ1n) is 8.76. The molecule has 0 bridgehead atoms. The molecule has 0 radical (unpaired) electrons. The molecular formula is C22H18FN3O3. The Morgan fingerprint density at radius 1 is 1.00 bits per heavy atom. The second kappa shape index (κ2) is 9.38. The van der Waals surface area contributed by atoms with Gasteiger partial charge in [0.2, 0.25) is 0 Å². The number of aromatic nitrogens is 1. The number of nitrogens with zero attached hydrogens (tertiary/aromatic N) is 1. The molecule has 0 fully saturated rings. The standard InChI is InChI=1S/C22H18FN3O3/c23-19-9-7-17(8-10-19)20(12-16-2-1-11-24-13-16)22(28)25-14-15-3-5-18(6-4-15)21(27)26-29/h1-13,29H,14H2,(H,25,28)(H,26,27)/b20-12+. The fourth-order valence-electron chi connectivity index (χ4n) is 2.65. The summed E-state index contributed by atoms with van der Waals surface area (Å²) in [6, 6.07) is 15.7. The molecule has 2 aromatic carbocycles. The Morgan fingerprint density at radius 2 is 1.69 bits per heavy atom. The van der Waals surface area contributed by atoms with E-state index >= 15 is 0 Å². The molecule has 0 spiro atoms. The Bertz CT molecular complexity index is 1020. The van der Waals surface area contributed by atoms with Crippen LogP contribution in [0.25, 0.3) is 11.6 Å². The molecule has 3 aromatic rings. The minimum absolute atomic E-state index is 0.228. The van der Waals surface area contributed by atoms with Crippen LogP contribution in [0.2, 0.25) is 0 Å². The van der Waals surface area contributed by atoms with Gasteiger partial charge in [0.15, 0.2) is 0 Å². The Hall–Kier alpha value is -3.84. The van der Waals surface area contributed by atoms with Gasteiger partial charge in [0.25, 0.3) is 11.8 Å². The molecule has 6 nitrogen and oxygen atoms in total. The summed E-state index contributed by atoms with van der Waals surface area (Å²) >= 11 is 0. The quantitative estimate of drug-likeness (QED) is 0.342. The van der Waals surface area contributed by atoms with Gasteiger partial charge in [-0.2, -0.15) is 0 Å². The molecule has 1 heterocycles. The molecule has 7 heteroatoms. The summed E-state index contributed by atoms with van der Waals surface area (Å²) in [5.41, 5.74) is 4.31. The molecule has 0 saturated heterocycles. The van der Waals surface area contributed by atoms with E-state index in [1.165, 1.54) is 12.1 Å². The number of hydrogen-bond acceptors (Lipinski definition) is 4. The lowest BCUT2D eigenvalue weighted by Crippen LogP contribution is -2.24. The predicted octanol–water partition coefficient (Wildman–Crippen LogP) is 3.20. The van der Waals surface area contributed by atoms with Gasteiger partial charge in [-0.15, -0.1) is 0 Å². The van der Waals surface area contributed by atoms with Gasteiger partial charge in [0.05, 0.1) is 0 Å². The van der Waals surface area contributed by atoms with Crippen LogP contribution in [0, 0.1) is 5.82 Å². The van der Waals surface area contributed by atoms with Crippen LogP contribution in [0.15, 0.2) is 73.1 Å². The highest BCUT2D eigenvalue weighted by Crippen LogP contribution is 2.19. The summed E-state index contributed by atoms with van der Waals surface area (Å²) in [6.45, 7) is 0.228. The lowest BCUT2D eigenvalue weighted by Gasteiger charge is -2.10. The number of amides is 2. The van der Waals surface area contributed by atoms with Crippen molar-refractivity contribution in [2.75, 3.05) is 0 Å². The summed E-state index contributed by atoms with van der Waals surface area (Å²) in [4.78, 5) is 28.2. The van der Waals surface area contributed by atoms with E-state index in [0.29, 0.717) is 16.7 Å². The van der Waals surface area contributed by atoms with Crippen molar-refractivity contribution in [3.05, 3.63) is 101 Å². The number of rotatable bonds is 6. The average Bonchev–Trinajstić information content (AvgIpc) is 2.77. The van der Waals surface area contributed by atoms with Crippen LogP contribution in [-0.4, -0.2) is 22.0 Å². The third kappa shape index (κ3) is 5.33. The molecule has 2 amide bonds. The topological polar surface area (TPSA) is 91.3 Å². The first kappa shape index (κ1) is 19.9. The van der Waals surface area contributed by atoms with Crippen LogP contribution in [0.1, 0.15) is 27.0 Å². The molecule has 0 atom stereocenters. The number of pyridine rings is 1. The van der Waals surface area contributed by atoms with Crippen molar-refractivity contribution in [3.8, 4) is 0 Å². The molecule has 0 aliphatic rings. The minimum Gasteiger partial charge on any atom is -0.348 e. The van der Waals surface area contributed by atoms with E-state index in [9.17, 15) is 14.0 Å². The van der Waals surface area contributed by atoms with Crippen LogP contribution in [0.3, 0.4) is 0 Å². The second-order valence-electron chi connectivity index (χ2n) is 6.17. The van der Waals surface area contributed by atoms with Crippen molar-refractivity contribution in [2.24, 2.45) is 0 Å². The highest BCUT2D eigenvalue weighted by molar-refractivity contribution is 6.24. The number of carbonyl (C=O) groups excluding carboxylic acids is 2. The van der Waals surface area contributed by atoms with Gasteiger partial charge in [-0.05, 0) is 53.1 Å². The van der Waals surface area contributed by atoms with Crippen molar-refractivity contribution in [1.82, 2.24) is 15.8 Å². The Labute approximate surface area is 166 Å². The van der Waals surface area contributed by atoms with Gasteiger partial charge < -0.3 is 5.32 Å². The number of halogens is 1. The highest BCUT2D eigenvalue weighted by atomic mass is 19.1. The fraction of sp³-hybridized carbons (Fsp3) is 0.0455. The number of hydrogen-bond donors (Lipinski definition) is 3. The lowest BCUT2D eigenvalue weighted by atomic mass is 10.0. The van der Waals surface area contributed by atoms with Gasteiger partial charge in [-0.1, -0.05) is 30.3 Å². The van der Waals surface area contributed by atoms with Gasteiger partial charge in [0, 0.05) is 30.1 Å². The van der Waals surface area contributed by atoms with E-state index < -0.39 is 5.91 Å². The number of carbonyl (C=O) groups is 2. The average molecular weight is 391 g/mol. The molecule has 3 rings (SSSR count). The molecule has 0 unspecified atom stereocenters. The van der Waals surface area contributed by atoms with E-state index in [1.54, 1.807) is 66.4 Å². The fourth-order valence-corrected chi connectivity index (χ4v) is 2.65. The second-order valence-corrected chi connectivity index (χ2v) is 6.17. The van der Waals surface area contributed by atoms with Crippen LogP contribution >= 0.6 is 0 Å². The van der Waals surface area contributed by atoms with E-state index in [4.69, 9.17) is 5.21 Å². The number of hydroxylamine groups is 1. The molecule has 0 aliphatic heterocycles. The van der Waals surface area contributed by atoms with Crippen molar-refractivity contribution in [2.45, 2.75) is 6.54 Å². The molecule has 29 heavy (non-hydrogen) atoms. The van der Waals surface area contributed by atoms with Gasteiger partial charge in [-0.25, -0.2) is 9.87 Å². The third-order valence-electron chi connectivity index (χ3n) is 4.17. The molecule has 1 aromatic heterocycles. The summed E-state index contributed by atoms with van der Waals surface area (Å²) in [5, 5.41) is 11.5. The van der Waals surface area contributed by atoms with E-state index in [1.807, 2.05) is 6.07 Å². The molecule has 0 saturated carbocycles. The number of nitrogens with one attached hydrogen (secondary N) is 2. The van der Waals surface area contributed by atoms with Crippen molar-refractivity contribution in [1.29, 1.82) is 0 Å². The zero-order chi connectivity index (χ0) is 20.6. The minimum atomic E-state index is -0.612. The van der Waals surface area contributed by atoms with Crippen molar-refractivity contribution in [3.63, 3.8) is 0 Å². The monoisotopic (exact) mass is 391 g/mol.